The molecular weight excluding hydrogens is 364 g/mol. The van der Waals surface area contributed by atoms with Crippen LogP contribution in [0, 0.1) is 0 Å². The Morgan fingerprint density at radius 1 is 0.586 bits per heavy atom. The average molecular weight is 390 g/mol. The summed E-state index contributed by atoms with van der Waals surface area (Å²) < 4.78 is 0. The van der Waals surface area contributed by atoms with Crippen LogP contribution >= 0.6 is 0 Å². The lowest BCUT2D eigenvalue weighted by molar-refractivity contribution is 0.393. The summed E-state index contributed by atoms with van der Waals surface area (Å²) in [4.78, 5) is 0. The molecule has 0 amide bonds. The number of para-hydroxylation sites is 2. The molecule has 3 aromatic carbocycles. The van der Waals surface area contributed by atoms with Gasteiger partial charge in [-0.3, -0.25) is 0 Å². The average Bonchev–Trinajstić information content (AvgIpc) is 2.74. The Morgan fingerprint density at radius 3 is 1.45 bits per heavy atom. The van der Waals surface area contributed by atoms with Crippen molar-refractivity contribution in [3.05, 3.63) is 108 Å². The number of rotatable bonds is 4. The lowest BCUT2D eigenvalue weighted by Gasteiger charge is -2.21. The first-order chi connectivity index (χ1) is 14.0. The fourth-order valence-corrected chi connectivity index (χ4v) is 2.96. The molecule has 0 aromatic heterocycles. The van der Waals surface area contributed by atoms with E-state index in [1.807, 2.05) is 68.5 Å². The quantitative estimate of drug-likeness (QED) is 0.257. The lowest BCUT2D eigenvalue weighted by Crippen LogP contribution is -2.04. The molecule has 4 N–H and O–H groups in total. The molecule has 0 aliphatic heterocycles. The minimum atomic E-state index is -0.532. The van der Waals surface area contributed by atoms with Crippen molar-refractivity contribution in [1.29, 1.82) is 0 Å². The van der Waals surface area contributed by atoms with Gasteiger partial charge in [0.1, 0.15) is 0 Å². The standard InChI is InChI=1S/C19H16O4.C6H10/c20-15-10-4-8-13(18(15)22)17(12-6-2-1-3-7-12)14-9-5-11-16(21)19(14)23;1-3-5-6-4-2/h1-11,17,20-23H;3-6H,1-2H3/b;5-3-,6-4-. The van der Waals surface area contributed by atoms with E-state index in [1.165, 1.54) is 12.1 Å². The summed E-state index contributed by atoms with van der Waals surface area (Å²) in [6.07, 6.45) is 8.00. The summed E-state index contributed by atoms with van der Waals surface area (Å²) in [7, 11) is 0. The highest BCUT2D eigenvalue weighted by molar-refractivity contribution is 5.58. The fraction of sp³-hybridized carbons (Fsp3) is 0.120. The smallest absolute Gasteiger partial charge is 0.161 e. The Kier molecular flexibility index (Phi) is 7.92. The number of phenolic OH excluding ortho intramolecular Hbond substituents is 4. The first-order valence-electron chi connectivity index (χ1n) is 9.31. The van der Waals surface area contributed by atoms with Crippen LogP contribution in [-0.4, -0.2) is 20.4 Å². The zero-order valence-electron chi connectivity index (χ0n) is 16.5. The highest BCUT2D eigenvalue weighted by Gasteiger charge is 2.24. The molecule has 0 aliphatic carbocycles. The Hall–Kier alpha value is -3.66. The van der Waals surface area contributed by atoms with Crippen LogP contribution in [-0.2, 0) is 0 Å². The summed E-state index contributed by atoms with van der Waals surface area (Å²) in [5.41, 5.74) is 1.70. The van der Waals surface area contributed by atoms with Crippen LogP contribution in [0.4, 0.5) is 0 Å². The second-order valence-electron chi connectivity index (χ2n) is 6.33. The molecule has 0 saturated carbocycles. The summed E-state index contributed by atoms with van der Waals surface area (Å²) >= 11 is 0. The van der Waals surface area contributed by atoms with Gasteiger partial charge in [-0.25, -0.2) is 0 Å². The molecule has 0 atom stereocenters. The maximum Gasteiger partial charge on any atom is 0.161 e. The predicted octanol–water partition coefficient (Wildman–Crippen LogP) is 5.83. The van der Waals surface area contributed by atoms with Crippen LogP contribution in [0.1, 0.15) is 36.5 Å². The molecule has 4 heteroatoms. The van der Waals surface area contributed by atoms with E-state index in [0.29, 0.717) is 11.1 Å². The maximum absolute atomic E-state index is 10.3. The number of benzene rings is 3. The topological polar surface area (TPSA) is 80.9 Å². The van der Waals surface area contributed by atoms with Crippen LogP contribution in [0.15, 0.2) is 91.0 Å². The molecule has 0 unspecified atom stereocenters. The van der Waals surface area contributed by atoms with E-state index in [-0.39, 0.29) is 23.0 Å². The van der Waals surface area contributed by atoms with Crippen LogP contribution in [0.2, 0.25) is 0 Å². The summed E-state index contributed by atoms with van der Waals surface area (Å²) in [5, 5.41) is 40.1. The first kappa shape index (κ1) is 21.6. The molecular formula is C25H26O4. The van der Waals surface area contributed by atoms with Gasteiger partial charge >= 0.3 is 0 Å². The van der Waals surface area contributed by atoms with E-state index in [9.17, 15) is 20.4 Å². The highest BCUT2D eigenvalue weighted by Crippen LogP contribution is 2.45. The fourth-order valence-electron chi connectivity index (χ4n) is 2.96. The van der Waals surface area contributed by atoms with E-state index >= 15 is 0 Å². The molecule has 150 valence electrons. The van der Waals surface area contributed by atoms with E-state index < -0.39 is 5.92 Å². The third kappa shape index (κ3) is 5.42. The summed E-state index contributed by atoms with van der Waals surface area (Å²) in [6, 6.07) is 18.7. The van der Waals surface area contributed by atoms with Crippen LogP contribution in [0.25, 0.3) is 0 Å². The number of hydrogen-bond donors (Lipinski definition) is 4. The summed E-state index contributed by atoms with van der Waals surface area (Å²) in [6.45, 7) is 4.00. The Morgan fingerprint density at radius 2 is 1.03 bits per heavy atom. The summed E-state index contributed by atoms with van der Waals surface area (Å²) in [5.74, 6) is -1.49. The molecule has 3 aromatic rings. The maximum atomic E-state index is 10.3. The molecule has 29 heavy (non-hydrogen) atoms. The van der Waals surface area contributed by atoms with Crippen molar-refractivity contribution in [2.45, 2.75) is 19.8 Å². The second-order valence-corrected chi connectivity index (χ2v) is 6.33. The minimum absolute atomic E-state index is 0.233. The van der Waals surface area contributed by atoms with Crippen LogP contribution < -0.4 is 0 Å². The monoisotopic (exact) mass is 390 g/mol. The molecule has 0 fully saturated rings. The van der Waals surface area contributed by atoms with Crippen molar-refractivity contribution in [3.8, 4) is 23.0 Å². The van der Waals surface area contributed by atoms with Gasteiger partial charge in [0.2, 0.25) is 0 Å². The normalized spacial score (nSPS) is 11.0. The van der Waals surface area contributed by atoms with Gasteiger partial charge in [-0.1, -0.05) is 78.9 Å². The van der Waals surface area contributed by atoms with Crippen molar-refractivity contribution in [1.82, 2.24) is 0 Å². The van der Waals surface area contributed by atoms with Crippen LogP contribution in [0.5, 0.6) is 23.0 Å². The lowest BCUT2D eigenvalue weighted by atomic mass is 9.84. The van der Waals surface area contributed by atoms with E-state index in [0.717, 1.165) is 5.56 Å². The number of hydrogen-bond acceptors (Lipinski definition) is 4. The molecule has 0 saturated heterocycles. The van der Waals surface area contributed by atoms with Gasteiger partial charge in [0.15, 0.2) is 23.0 Å². The van der Waals surface area contributed by atoms with Crippen molar-refractivity contribution < 1.29 is 20.4 Å². The molecule has 0 spiro atoms. The molecule has 0 aliphatic rings. The largest absolute Gasteiger partial charge is 0.504 e. The molecule has 3 rings (SSSR count). The van der Waals surface area contributed by atoms with Gasteiger partial charge in [-0.15, -0.1) is 0 Å². The third-order valence-electron chi connectivity index (χ3n) is 4.34. The predicted molar refractivity (Wildman–Crippen MR) is 117 cm³/mol. The Labute approximate surface area is 171 Å². The van der Waals surface area contributed by atoms with Gasteiger partial charge in [0.05, 0.1) is 0 Å². The van der Waals surface area contributed by atoms with Gasteiger partial charge in [0, 0.05) is 17.0 Å². The van der Waals surface area contributed by atoms with E-state index in [1.54, 1.807) is 24.3 Å². The molecule has 0 radical (unpaired) electrons. The van der Waals surface area contributed by atoms with Crippen molar-refractivity contribution in [2.75, 3.05) is 0 Å². The third-order valence-corrected chi connectivity index (χ3v) is 4.34. The first-order valence-corrected chi connectivity index (χ1v) is 9.31. The van der Waals surface area contributed by atoms with Crippen molar-refractivity contribution >= 4 is 0 Å². The molecule has 4 nitrogen and oxygen atoms in total. The van der Waals surface area contributed by atoms with E-state index in [2.05, 4.69) is 0 Å². The highest BCUT2D eigenvalue weighted by atomic mass is 16.3. The SMILES string of the molecule is C/C=C\C=C/C.Oc1cccc(C(c2ccccc2)c2cccc(O)c2O)c1O. The number of aromatic hydroxyl groups is 4. The zero-order valence-corrected chi connectivity index (χ0v) is 16.5. The van der Waals surface area contributed by atoms with E-state index in [4.69, 9.17) is 0 Å². The second kappa shape index (κ2) is 10.6. The Balaban J connectivity index is 0.000000438. The zero-order chi connectivity index (χ0) is 21.2. The van der Waals surface area contributed by atoms with Gasteiger partial charge < -0.3 is 20.4 Å². The van der Waals surface area contributed by atoms with Crippen molar-refractivity contribution in [2.24, 2.45) is 0 Å². The van der Waals surface area contributed by atoms with Gasteiger partial charge in [-0.2, -0.15) is 0 Å². The number of phenols is 4. The van der Waals surface area contributed by atoms with Gasteiger partial charge in [0.25, 0.3) is 0 Å². The van der Waals surface area contributed by atoms with Crippen LogP contribution in [0.3, 0.4) is 0 Å². The number of allylic oxidation sites excluding steroid dienone is 4. The van der Waals surface area contributed by atoms with Gasteiger partial charge in [-0.05, 0) is 31.5 Å². The Bertz CT molecular complexity index is 914. The molecule has 0 bridgehead atoms. The van der Waals surface area contributed by atoms with Crippen molar-refractivity contribution in [3.63, 3.8) is 0 Å². The minimum Gasteiger partial charge on any atom is -0.504 e. The molecule has 0 heterocycles.